The van der Waals surface area contributed by atoms with Crippen molar-refractivity contribution in [3.05, 3.63) is 73.4 Å². The van der Waals surface area contributed by atoms with Crippen molar-refractivity contribution >= 4 is 33.8 Å². The second-order valence-corrected chi connectivity index (χ2v) is 9.90. The van der Waals surface area contributed by atoms with Gasteiger partial charge in [-0.2, -0.15) is 5.10 Å². The minimum Gasteiger partial charge on any atom is -0.337 e. The molecule has 0 saturated carbocycles. The minimum absolute atomic E-state index is 0.117. The van der Waals surface area contributed by atoms with E-state index in [1.807, 2.05) is 47.4 Å². The number of nitrogens with one attached hydrogen (secondary N) is 3. The number of likely N-dealkylation sites (N-methyl/N-ethyl adjacent to an activating group) is 1. The molecule has 0 spiro atoms. The summed E-state index contributed by atoms with van der Waals surface area (Å²) >= 11 is 0. The molecule has 6 heterocycles. The molecule has 1 saturated heterocycles. The lowest BCUT2D eigenvalue weighted by Gasteiger charge is -2.32. The highest BCUT2D eigenvalue weighted by atomic mass is 16.2. The molecule has 198 valence electrons. The Morgan fingerprint density at radius 3 is 2.60 bits per heavy atom. The normalized spacial score (nSPS) is 14.2. The van der Waals surface area contributed by atoms with Crippen molar-refractivity contribution in [1.82, 2.24) is 44.9 Å². The van der Waals surface area contributed by atoms with Crippen LogP contribution in [0.2, 0.25) is 0 Å². The fourth-order valence-corrected chi connectivity index (χ4v) is 5.03. The van der Waals surface area contributed by atoms with Gasteiger partial charge >= 0.3 is 6.03 Å². The number of fused-ring (bicyclic) bond motifs is 2. The molecule has 11 nitrogen and oxygen atoms in total. The molecular weight excluding hydrogens is 504 g/mol. The Hall–Kier alpha value is -5.16. The number of benzene rings is 1. The zero-order valence-electron chi connectivity index (χ0n) is 21.8. The van der Waals surface area contributed by atoms with Crippen LogP contribution in [0.15, 0.2) is 73.4 Å². The van der Waals surface area contributed by atoms with Crippen LogP contribution in [-0.2, 0) is 0 Å². The molecule has 1 fully saturated rings. The summed E-state index contributed by atoms with van der Waals surface area (Å²) in [4.78, 5) is 38.3. The molecule has 0 unspecified atom stereocenters. The standard InChI is InChI=1S/C29H26N10O/c1-38-9-11-39(12-10-38)29(40)33-21-13-19(15-31-17-21)20-14-23-26(36-37-27(23)32-16-20)28-34-24-4-2-3-22(25(24)35-28)18-5-7-30-8-6-18/h2-8,13-17H,9-12H2,1H3,(H,33,40)(H,34,35)(H,32,36,37). The molecule has 40 heavy (non-hydrogen) atoms. The third kappa shape index (κ3) is 4.41. The Morgan fingerprint density at radius 2 is 1.75 bits per heavy atom. The van der Waals surface area contributed by atoms with Crippen molar-refractivity contribution in [2.45, 2.75) is 0 Å². The van der Waals surface area contributed by atoms with Gasteiger partial charge in [-0.3, -0.25) is 15.1 Å². The fourth-order valence-electron chi connectivity index (χ4n) is 5.03. The summed E-state index contributed by atoms with van der Waals surface area (Å²) in [5.41, 5.74) is 7.48. The van der Waals surface area contributed by atoms with E-state index in [2.05, 4.69) is 47.4 Å². The van der Waals surface area contributed by atoms with Gasteiger partial charge in [-0.1, -0.05) is 12.1 Å². The van der Waals surface area contributed by atoms with Gasteiger partial charge in [-0.05, 0) is 42.9 Å². The van der Waals surface area contributed by atoms with Crippen LogP contribution in [0.4, 0.5) is 10.5 Å². The summed E-state index contributed by atoms with van der Waals surface area (Å²) in [6.45, 7) is 3.12. The number of amides is 2. The first kappa shape index (κ1) is 23.9. The van der Waals surface area contributed by atoms with E-state index in [0.717, 1.165) is 51.8 Å². The highest BCUT2D eigenvalue weighted by Gasteiger charge is 2.20. The molecule has 6 aromatic rings. The number of anilines is 1. The van der Waals surface area contributed by atoms with Crippen LogP contribution < -0.4 is 5.32 Å². The van der Waals surface area contributed by atoms with Gasteiger partial charge in [0, 0.05) is 67.7 Å². The van der Waals surface area contributed by atoms with Crippen molar-refractivity contribution in [3.8, 4) is 33.8 Å². The van der Waals surface area contributed by atoms with E-state index < -0.39 is 0 Å². The lowest BCUT2D eigenvalue weighted by Crippen LogP contribution is -2.48. The van der Waals surface area contributed by atoms with E-state index in [0.29, 0.717) is 35.9 Å². The molecule has 0 aliphatic carbocycles. The number of nitrogens with zero attached hydrogens (tertiary/aromatic N) is 7. The second-order valence-electron chi connectivity index (χ2n) is 9.90. The highest BCUT2D eigenvalue weighted by molar-refractivity contribution is 5.97. The Kier molecular flexibility index (Phi) is 5.90. The topological polar surface area (TPSA) is 132 Å². The number of carbonyl (C=O) groups excluding carboxylic acids is 1. The van der Waals surface area contributed by atoms with Gasteiger partial charge in [-0.25, -0.2) is 14.8 Å². The summed E-state index contributed by atoms with van der Waals surface area (Å²) in [5, 5.41) is 11.4. The largest absolute Gasteiger partial charge is 0.337 e. The van der Waals surface area contributed by atoms with Crippen molar-refractivity contribution in [2.75, 3.05) is 38.5 Å². The number of imidazole rings is 1. The van der Waals surface area contributed by atoms with Gasteiger partial charge in [-0.15, -0.1) is 0 Å². The van der Waals surface area contributed by atoms with Crippen molar-refractivity contribution in [2.24, 2.45) is 0 Å². The third-order valence-electron chi connectivity index (χ3n) is 7.26. The lowest BCUT2D eigenvalue weighted by molar-refractivity contribution is 0.164. The van der Waals surface area contributed by atoms with Crippen molar-refractivity contribution in [3.63, 3.8) is 0 Å². The van der Waals surface area contributed by atoms with Crippen LogP contribution >= 0.6 is 0 Å². The first-order chi connectivity index (χ1) is 19.6. The van der Waals surface area contributed by atoms with Gasteiger partial charge in [0.1, 0.15) is 5.69 Å². The average molecular weight is 531 g/mol. The molecule has 0 bridgehead atoms. The molecule has 11 heteroatoms. The number of para-hydroxylation sites is 1. The molecule has 1 aliphatic heterocycles. The Balaban J connectivity index is 1.20. The zero-order valence-corrected chi connectivity index (χ0v) is 21.8. The predicted molar refractivity (Wildman–Crippen MR) is 154 cm³/mol. The van der Waals surface area contributed by atoms with E-state index in [4.69, 9.17) is 4.98 Å². The zero-order chi connectivity index (χ0) is 27.1. The van der Waals surface area contributed by atoms with Crippen LogP contribution in [0.5, 0.6) is 0 Å². The van der Waals surface area contributed by atoms with Crippen LogP contribution in [0.3, 0.4) is 0 Å². The molecule has 0 radical (unpaired) electrons. The van der Waals surface area contributed by atoms with Crippen LogP contribution in [0, 0.1) is 0 Å². The van der Waals surface area contributed by atoms with Gasteiger partial charge in [0.2, 0.25) is 0 Å². The van der Waals surface area contributed by atoms with E-state index in [1.165, 1.54) is 0 Å². The maximum Gasteiger partial charge on any atom is 0.321 e. The minimum atomic E-state index is -0.117. The maximum atomic E-state index is 12.8. The molecule has 5 aromatic heterocycles. The van der Waals surface area contributed by atoms with Crippen LogP contribution in [-0.4, -0.2) is 84.2 Å². The van der Waals surface area contributed by atoms with Gasteiger partial charge in [0.05, 0.1) is 28.3 Å². The fraction of sp³-hybridized carbons (Fsp3) is 0.172. The van der Waals surface area contributed by atoms with Crippen LogP contribution in [0.1, 0.15) is 0 Å². The molecule has 2 amide bonds. The van der Waals surface area contributed by atoms with Crippen LogP contribution in [0.25, 0.3) is 55.8 Å². The van der Waals surface area contributed by atoms with E-state index >= 15 is 0 Å². The summed E-state index contributed by atoms with van der Waals surface area (Å²) in [5.74, 6) is 0.646. The molecular formula is C29H26N10O. The van der Waals surface area contributed by atoms with Crippen molar-refractivity contribution in [1.29, 1.82) is 0 Å². The lowest BCUT2D eigenvalue weighted by atomic mass is 10.1. The maximum absolute atomic E-state index is 12.8. The van der Waals surface area contributed by atoms with Crippen molar-refractivity contribution < 1.29 is 4.79 Å². The monoisotopic (exact) mass is 530 g/mol. The predicted octanol–water partition coefficient (Wildman–Crippen LogP) is 4.40. The van der Waals surface area contributed by atoms with Gasteiger partial charge < -0.3 is 20.1 Å². The quantitative estimate of drug-likeness (QED) is 0.308. The number of hydrogen-bond acceptors (Lipinski definition) is 7. The summed E-state index contributed by atoms with van der Waals surface area (Å²) in [6.07, 6.45) is 8.74. The molecule has 1 aliphatic rings. The number of hydrogen-bond donors (Lipinski definition) is 3. The highest BCUT2D eigenvalue weighted by Crippen LogP contribution is 2.32. The number of rotatable bonds is 4. The first-order valence-electron chi connectivity index (χ1n) is 13.1. The Labute approximate surface area is 229 Å². The van der Waals surface area contributed by atoms with Gasteiger partial charge in [0.15, 0.2) is 11.5 Å². The number of carbonyl (C=O) groups is 1. The molecule has 1 aromatic carbocycles. The number of aromatic amines is 2. The van der Waals surface area contributed by atoms with E-state index in [-0.39, 0.29) is 6.03 Å². The Morgan fingerprint density at radius 1 is 0.925 bits per heavy atom. The summed E-state index contributed by atoms with van der Waals surface area (Å²) in [6, 6.07) is 13.8. The number of pyridine rings is 3. The number of H-pyrrole nitrogens is 2. The number of aromatic nitrogens is 7. The first-order valence-corrected chi connectivity index (χ1v) is 13.1. The summed E-state index contributed by atoms with van der Waals surface area (Å²) in [7, 11) is 2.06. The van der Waals surface area contributed by atoms with E-state index in [9.17, 15) is 4.79 Å². The molecule has 7 rings (SSSR count). The van der Waals surface area contributed by atoms with E-state index in [1.54, 1.807) is 31.0 Å². The molecule has 0 atom stereocenters. The number of piperazine rings is 1. The molecule has 3 N–H and O–H groups in total. The Bertz CT molecular complexity index is 1840. The second kappa shape index (κ2) is 9.86. The summed E-state index contributed by atoms with van der Waals surface area (Å²) < 4.78 is 0. The third-order valence-corrected chi connectivity index (χ3v) is 7.26. The average Bonchev–Trinajstić information content (AvgIpc) is 3.62. The SMILES string of the molecule is CN1CCN(C(=O)Nc2cncc(-c3cnc4[nH]nc(-c5nc6c(-c7ccncc7)cccc6[nH]5)c4c3)c2)CC1. The smallest absolute Gasteiger partial charge is 0.321 e. The van der Waals surface area contributed by atoms with Gasteiger partial charge in [0.25, 0.3) is 0 Å². The number of urea groups is 1.